The third kappa shape index (κ3) is 65.5. The Morgan fingerprint density at radius 2 is 0.537 bits per heavy atom. The third-order valence-electron chi connectivity index (χ3n) is 13.2. The molecule has 1 atom stereocenters. The van der Waals surface area contributed by atoms with Gasteiger partial charge in [0, 0.05) is 12.8 Å². The van der Waals surface area contributed by atoms with Gasteiger partial charge in [-0.1, -0.05) is 286 Å². The summed E-state index contributed by atoms with van der Waals surface area (Å²) in [5.41, 5.74) is 0. The molecule has 0 spiro atoms. The van der Waals surface area contributed by atoms with Crippen LogP contribution in [0.2, 0.25) is 0 Å². The fourth-order valence-electron chi connectivity index (χ4n) is 8.37. The molecule has 5 heteroatoms. The smallest absolute Gasteiger partial charge is 0.306 e. The second-order valence-corrected chi connectivity index (χ2v) is 20.8. The van der Waals surface area contributed by atoms with E-state index in [1.54, 1.807) is 0 Å². The summed E-state index contributed by atoms with van der Waals surface area (Å²) >= 11 is 0. The maximum absolute atomic E-state index is 12.3. The number of rotatable bonds is 57. The standard InChI is InChI=1S/C75H118O5/c1-3-5-7-9-11-13-15-17-19-21-23-25-27-29-31-32-33-34-35-36-37-38-39-40-41-42-44-46-48-50-52-54-56-58-60-62-64-66-68-70-75(78)80-73(71-76)72-79-74(77)69-67-65-63-61-59-57-55-53-51-49-47-45-43-30-28-26-24-22-20-18-16-14-12-10-8-6-4-2/h5,7,11,13,16-19,22-25,28-31,33-34,36-37,39-40,42,44,48,50,54,56,60,62,73,76H,3-4,6,8-10,12,14-15,20-21,26-27,32,35,38,41,43,45-47,49,51-53,55,57-59,61,63-72H2,1-2H3/b7-5-,13-11-,18-16-,19-17-,24-22-,25-23-,30-28-,31-29-,34-33-,37-36-,40-39-,44-42-,50-48-,56-54-,62-60-. The van der Waals surface area contributed by atoms with Crippen LogP contribution in [-0.4, -0.2) is 36.4 Å². The van der Waals surface area contributed by atoms with E-state index in [1.165, 1.54) is 103 Å². The SMILES string of the molecule is CC/C=C\C/C=C\C/C=C\C/C=C\C/C=C\C/C=C\C/C=C\C/C=C\C/C=C\C/C=C\C/C=C\C/C=C\CCCCC(=O)OC(CO)COC(=O)CCCCCCCCCCCCCC/C=C\C/C=C\C/C=C\CCCCCCC. The summed E-state index contributed by atoms with van der Waals surface area (Å²) in [5.74, 6) is -0.654. The second kappa shape index (κ2) is 68.3. The van der Waals surface area contributed by atoms with Gasteiger partial charge in [0.2, 0.25) is 0 Å². The Morgan fingerprint density at radius 1 is 0.300 bits per heavy atom. The summed E-state index contributed by atoms with van der Waals surface area (Å²) in [6.07, 6.45) is 107. The van der Waals surface area contributed by atoms with Crippen molar-refractivity contribution in [1.29, 1.82) is 0 Å². The molecule has 0 radical (unpaired) electrons. The monoisotopic (exact) mass is 1100 g/mol. The van der Waals surface area contributed by atoms with Crippen molar-refractivity contribution in [1.82, 2.24) is 0 Å². The number of aliphatic hydroxyl groups excluding tert-OH is 1. The van der Waals surface area contributed by atoms with Gasteiger partial charge in [-0.2, -0.15) is 0 Å². The van der Waals surface area contributed by atoms with Crippen molar-refractivity contribution >= 4 is 11.9 Å². The molecule has 0 aromatic rings. The second-order valence-electron chi connectivity index (χ2n) is 20.8. The molecule has 1 unspecified atom stereocenters. The number of esters is 2. The lowest BCUT2D eigenvalue weighted by atomic mass is 10.0. The average Bonchev–Trinajstić information content (AvgIpc) is 3.46. The number of unbranched alkanes of at least 4 members (excludes halogenated alkanes) is 19. The Labute approximate surface area is 493 Å². The molecule has 0 aromatic heterocycles. The van der Waals surface area contributed by atoms with Crippen LogP contribution in [-0.2, 0) is 19.1 Å². The first-order valence-corrected chi connectivity index (χ1v) is 32.3. The maximum atomic E-state index is 12.3. The molecule has 1 N–H and O–H groups in total. The molecule has 0 saturated carbocycles. The molecular weight excluding hydrogens is 981 g/mol. The number of carbonyl (C=O) groups is 2. The highest BCUT2D eigenvalue weighted by molar-refractivity contribution is 5.70. The first-order valence-electron chi connectivity index (χ1n) is 32.3. The molecule has 0 heterocycles. The summed E-state index contributed by atoms with van der Waals surface area (Å²) < 4.78 is 10.7. The number of aliphatic hydroxyl groups is 1. The lowest BCUT2D eigenvalue weighted by Gasteiger charge is -2.15. The van der Waals surface area contributed by atoms with Crippen LogP contribution in [0.25, 0.3) is 0 Å². The van der Waals surface area contributed by atoms with Gasteiger partial charge in [0.15, 0.2) is 6.10 Å². The first-order chi connectivity index (χ1) is 39.6. The van der Waals surface area contributed by atoms with Gasteiger partial charge in [-0.3, -0.25) is 9.59 Å². The van der Waals surface area contributed by atoms with Crippen molar-refractivity contribution < 1.29 is 24.2 Å². The van der Waals surface area contributed by atoms with Crippen LogP contribution in [0.15, 0.2) is 182 Å². The largest absolute Gasteiger partial charge is 0.462 e. The van der Waals surface area contributed by atoms with Gasteiger partial charge in [0.25, 0.3) is 0 Å². The molecule has 0 amide bonds. The quantitative estimate of drug-likeness (QED) is 0.0373. The minimum absolute atomic E-state index is 0.0958. The summed E-state index contributed by atoms with van der Waals surface area (Å²) in [5, 5.41) is 9.67. The Kier molecular flexibility index (Phi) is 64.0. The van der Waals surface area contributed by atoms with Crippen molar-refractivity contribution in [2.45, 2.75) is 264 Å². The van der Waals surface area contributed by atoms with Crippen LogP contribution >= 0.6 is 0 Å². The van der Waals surface area contributed by atoms with E-state index >= 15 is 0 Å². The molecular formula is C75H118O5. The van der Waals surface area contributed by atoms with Gasteiger partial charge in [-0.25, -0.2) is 0 Å². The van der Waals surface area contributed by atoms with E-state index in [2.05, 4.69) is 196 Å². The fraction of sp³-hybridized carbons (Fsp3) is 0.573. The molecule has 448 valence electrons. The van der Waals surface area contributed by atoms with Crippen molar-refractivity contribution in [2.24, 2.45) is 0 Å². The molecule has 0 aliphatic rings. The van der Waals surface area contributed by atoms with Gasteiger partial charge in [0.1, 0.15) is 6.61 Å². The van der Waals surface area contributed by atoms with Crippen LogP contribution in [0, 0.1) is 0 Å². The molecule has 0 saturated heterocycles. The van der Waals surface area contributed by atoms with Gasteiger partial charge in [-0.15, -0.1) is 0 Å². The number of hydrogen-bond donors (Lipinski definition) is 1. The summed E-state index contributed by atoms with van der Waals surface area (Å²) in [6.45, 7) is 3.98. The zero-order valence-corrected chi connectivity index (χ0v) is 51.3. The van der Waals surface area contributed by atoms with E-state index < -0.39 is 6.10 Å². The van der Waals surface area contributed by atoms with Gasteiger partial charge < -0.3 is 14.6 Å². The highest BCUT2D eigenvalue weighted by Crippen LogP contribution is 2.14. The molecule has 0 fully saturated rings. The van der Waals surface area contributed by atoms with E-state index in [9.17, 15) is 14.7 Å². The normalized spacial score (nSPS) is 13.5. The van der Waals surface area contributed by atoms with E-state index in [0.29, 0.717) is 12.8 Å². The van der Waals surface area contributed by atoms with Crippen LogP contribution < -0.4 is 0 Å². The molecule has 0 aromatic carbocycles. The van der Waals surface area contributed by atoms with Crippen molar-refractivity contribution in [3.8, 4) is 0 Å². The predicted octanol–water partition coefficient (Wildman–Crippen LogP) is 22.6. The van der Waals surface area contributed by atoms with E-state index in [-0.39, 0.29) is 31.6 Å². The number of hydrogen-bond acceptors (Lipinski definition) is 5. The molecule has 0 bridgehead atoms. The van der Waals surface area contributed by atoms with Crippen molar-refractivity contribution in [3.05, 3.63) is 182 Å². The highest BCUT2D eigenvalue weighted by Gasteiger charge is 2.16. The molecule has 0 aliphatic carbocycles. The minimum atomic E-state index is -0.811. The molecule has 80 heavy (non-hydrogen) atoms. The third-order valence-corrected chi connectivity index (χ3v) is 13.2. The van der Waals surface area contributed by atoms with Crippen LogP contribution in [0.3, 0.4) is 0 Å². The predicted molar refractivity (Wildman–Crippen MR) is 352 cm³/mol. The molecule has 0 aliphatic heterocycles. The van der Waals surface area contributed by atoms with E-state index in [0.717, 1.165) is 122 Å². The van der Waals surface area contributed by atoms with Gasteiger partial charge in [-0.05, 0) is 141 Å². The van der Waals surface area contributed by atoms with Crippen LogP contribution in [0.1, 0.15) is 258 Å². The van der Waals surface area contributed by atoms with Gasteiger partial charge >= 0.3 is 11.9 Å². The van der Waals surface area contributed by atoms with Crippen LogP contribution in [0.5, 0.6) is 0 Å². The fourth-order valence-corrected chi connectivity index (χ4v) is 8.37. The van der Waals surface area contributed by atoms with E-state index in [1.807, 2.05) is 0 Å². The van der Waals surface area contributed by atoms with Gasteiger partial charge in [0.05, 0.1) is 6.61 Å². The number of ether oxygens (including phenoxy) is 2. The maximum Gasteiger partial charge on any atom is 0.306 e. The molecule has 0 rings (SSSR count). The zero-order valence-electron chi connectivity index (χ0n) is 51.3. The summed E-state index contributed by atoms with van der Waals surface area (Å²) in [7, 11) is 0. The summed E-state index contributed by atoms with van der Waals surface area (Å²) in [6, 6.07) is 0. The lowest BCUT2D eigenvalue weighted by molar-refractivity contribution is -0.161. The highest BCUT2D eigenvalue weighted by atomic mass is 16.6. The number of carbonyl (C=O) groups excluding carboxylic acids is 2. The van der Waals surface area contributed by atoms with Crippen LogP contribution in [0.4, 0.5) is 0 Å². The van der Waals surface area contributed by atoms with Crippen molar-refractivity contribution in [3.63, 3.8) is 0 Å². The zero-order chi connectivity index (χ0) is 57.6. The Morgan fingerprint density at radius 3 is 0.838 bits per heavy atom. The Bertz CT molecular complexity index is 1820. The lowest BCUT2D eigenvalue weighted by Crippen LogP contribution is -2.28. The Balaban J connectivity index is 3.67. The first kappa shape index (κ1) is 75.0. The topological polar surface area (TPSA) is 72.8 Å². The van der Waals surface area contributed by atoms with Crippen molar-refractivity contribution in [2.75, 3.05) is 13.2 Å². The van der Waals surface area contributed by atoms with E-state index in [4.69, 9.17) is 9.47 Å². The minimum Gasteiger partial charge on any atom is -0.462 e. The summed E-state index contributed by atoms with van der Waals surface area (Å²) in [4.78, 5) is 24.6. The average molecular weight is 1100 g/mol. The molecule has 5 nitrogen and oxygen atoms in total. The Hall–Kier alpha value is -5.00. The number of allylic oxidation sites excluding steroid dienone is 30.